The fourth-order valence-electron chi connectivity index (χ4n) is 1.95. The number of nitrogens with zero attached hydrogens (tertiary/aromatic N) is 1. The van der Waals surface area contributed by atoms with E-state index in [4.69, 9.17) is 5.73 Å². The molecule has 4 nitrogen and oxygen atoms in total. The highest BCUT2D eigenvalue weighted by Crippen LogP contribution is 2.37. The van der Waals surface area contributed by atoms with Gasteiger partial charge in [0.2, 0.25) is 0 Å². The Morgan fingerprint density at radius 2 is 2.23 bits per heavy atom. The predicted molar refractivity (Wildman–Crippen MR) is 48.2 cm³/mol. The first kappa shape index (κ1) is 8.81. The predicted octanol–water partition coefficient (Wildman–Crippen LogP) is 0.564. The lowest BCUT2D eigenvalue weighted by Crippen LogP contribution is -2.59. The summed E-state index contributed by atoms with van der Waals surface area (Å²) in [6.07, 6.45) is 3.26. The number of methoxy groups -OCH3 is 1. The number of rotatable bonds is 2. The monoisotopic (exact) mass is 184 g/mol. The van der Waals surface area contributed by atoms with Gasteiger partial charge in [0.05, 0.1) is 13.2 Å². The molecule has 1 aliphatic carbocycles. The minimum atomic E-state index is -0.229. The minimum Gasteiger partial charge on any atom is -0.453 e. The number of nitrogens with two attached hydrogens (primary N) is 1. The van der Waals surface area contributed by atoms with Gasteiger partial charge < -0.3 is 15.4 Å². The lowest BCUT2D eigenvalue weighted by molar-refractivity contribution is 0.0475. The molecule has 2 N–H and O–H groups in total. The molecule has 2 unspecified atom stereocenters. The third-order valence-electron chi connectivity index (χ3n) is 3.09. The molecule has 2 fully saturated rings. The van der Waals surface area contributed by atoms with Crippen LogP contribution in [0.3, 0.4) is 0 Å². The molecule has 1 saturated carbocycles. The van der Waals surface area contributed by atoms with Gasteiger partial charge in [-0.3, -0.25) is 0 Å². The zero-order valence-corrected chi connectivity index (χ0v) is 7.90. The van der Waals surface area contributed by atoms with E-state index < -0.39 is 0 Å². The lowest BCUT2D eigenvalue weighted by atomic mass is 9.93. The molecule has 0 radical (unpaired) electrons. The van der Waals surface area contributed by atoms with Crippen LogP contribution in [0, 0.1) is 5.92 Å². The van der Waals surface area contributed by atoms with E-state index in [1.54, 1.807) is 4.90 Å². The normalized spacial score (nSPS) is 29.4. The van der Waals surface area contributed by atoms with Gasteiger partial charge in [-0.2, -0.15) is 0 Å². The first-order valence-electron chi connectivity index (χ1n) is 4.84. The molecule has 1 saturated heterocycles. The molecular formula is C9H16N2O2. The van der Waals surface area contributed by atoms with Crippen LogP contribution in [0.2, 0.25) is 0 Å². The fourth-order valence-corrected chi connectivity index (χ4v) is 1.95. The molecule has 4 heteroatoms. The van der Waals surface area contributed by atoms with Crippen LogP contribution in [0.1, 0.15) is 19.3 Å². The van der Waals surface area contributed by atoms with E-state index in [1.807, 2.05) is 0 Å². The molecule has 1 amide bonds. The van der Waals surface area contributed by atoms with Gasteiger partial charge in [0, 0.05) is 12.6 Å². The summed E-state index contributed by atoms with van der Waals surface area (Å²) >= 11 is 0. The van der Waals surface area contributed by atoms with Crippen molar-refractivity contribution in [1.29, 1.82) is 0 Å². The smallest absolute Gasteiger partial charge is 0.409 e. The Labute approximate surface area is 78.0 Å². The van der Waals surface area contributed by atoms with Crippen molar-refractivity contribution in [1.82, 2.24) is 4.90 Å². The fraction of sp³-hybridized carbons (Fsp3) is 0.889. The third-order valence-corrected chi connectivity index (χ3v) is 3.09. The summed E-state index contributed by atoms with van der Waals surface area (Å²) in [5, 5.41) is 0. The summed E-state index contributed by atoms with van der Waals surface area (Å²) in [4.78, 5) is 12.9. The molecule has 1 aliphatic heterocycles. The van der Waals surface area contributed by atoms with Crippen LogP contribution >= 0.6 is 0 Å². The molecule has 0 bridgehead atoms. The number of carbonyl (C=O) groups is 1. The highest BCUT2D eigenvalue weighted by atomic mass is 16.5. The molecule has 13 heavy (non-hydrogen) atoms. The maximum atomic E-state index is 11.2. The van der Waals surface area contributed by atoms with Gasteiger partial charge >= 0.3 is 6.09 Å². The van der Waals surface area contributed by atoms with Crippen LogP contribution in [0.4, 0.5) is 4.79 Å². The van der Waals surface area contributed by atoms with E-state index in [0.717, 1.165) is 13.0 Å². The molecule has 1 heterocycles. The van der Waals surface area contributed by atoms with Crippen molar-refractivity contribution >= 4 is 6.09 Å². The van der Waals surface area contributed by atoms with Crippen LogP contribution in [0.5, 0.6) is 0 Å². The van der Waals surface area contributed by atoms with Crippen molar-refractivity contribution in [2.45, 2.75) is 31.3 Å². The Bertz CT molecular complexity index is 216. The molecule has 2 aliphatic rings. The molecule has 0 aromatic heterocycles. The van der Waals surface area contributed by atoms with Crippen molar-refractivity contribution in [3.63, 3.8) is 0 Å². The van der Waals surface area contributed by atoms with Crippen molar-refractivity contribution in [2.24, 2.45) is 11.7 Å². The summed E-state index contributed by atoms with van der Waals surface area (Å²) in [7, 11) is 1.42. The highest BCUT2D eigenvalue weighted by Gasteiger charge is 2.43. The number of hydrogen-bond donors (Lipinski definition) is 1. The quantitative estimate of drug-likeness (QED) is 0.682. The van der Waals surface area contributed by atoms with Crippen LogP contribution < -0.4 is 5.73 Å². The Morgan fingerprint density at radius 3 is 2.62 bits per heavy atom. The third kappa shape index (κ3) is 1.50. The van der Waals surface area contributed by atoms with Gasteiger partial charge in [0.1, 0.15) is 0 Å². The van der Waals surface area contributed by atoms with E-state index in [-0.39, 0.29) is 18.2 Å². The zero-order chi connectivity index (χ0) is 9.42. The SMILES string of the molecule is COC(=O)N1CCC1C(N)C1CC1. The first-order chi connectivity index (χ1) is 6.24. The topological polar surface area (TPSA) is 55.6 Å². The number of carbonyl (C=O) groups excluding carboxylic acids is 1. The Morgan fingerprint density at radius 1 is 1.54 bits per heavy atom. The zero-order valence-electron chi connectivity index (χ0n) is 7.90. The molecule has 0 aromatic carbocycles. The van der Waals surface area contributed by atoms with Gasteiger partial charge in [0.15, 0.2) is 0 Å². The van der Waals surface area contributed by atoms with Crippen molar-refractivity contribution < 1.29 is 9.53 Å². The summed E-state index contributed by atoms with van der Waals surface area (Å²) in [6.45, 7) is 0.803. The van der Waals surface area contributed by atoms with Gasteiger partial charge in [-0.1, -0.05) is 0 Å². The Balaban J connectivity index is 1.89. The van der Waals surface area contributed by atoms with Crippen LogP contribution in [-0.2, 0) is 4.74 Å². The van der Waals surface area contributed by atoms with Crippen LogP contribution in [0.25, 0.3) is 0 Å². The summed E-state index contributed by atoms with van der Waals surface area (Å²) in [5.41, 5.74) is 6.02. The number of likely N-dealkylation sites (tertiary alicyclic amines) is 1. The maximum Gasteiger partial charge on any atom is 0.409 e. The number of amides is 1. The average Bonchev–Trinajstić information content (AvgIpc) is 2.84. The summed E-state index contributed by atoms with van der Waals surface area (Å²) in [6, 6.07) is 0.410. The second-order valence-electron chi connectivity index (χ2n) is 3.93. The molecular weight excluding hydrogens is 168 g/mol. The number of hydrogen-bond acceptors (Lipinski definition) is 3. The molecule has 0 aromatic rings. The van der Waals surface area contributed by atoms with Crippen molar-refractivity contribution in [2.75, 3.05) is 13.7 Å². The Hall–Kier alpha value is -0.770. The van der Waals surface area contributed by atoms with Crippen LogP contribution in [0.15, 0.2) is 0 Å². The van der Waals surface area contributed by atoms with E-state index >= 15 is 0 Å². The minimum absolute atomic E-state index is 0.174. The van der Waals surface area contributed by atoms with E-state index in [1.165, 1.54) is 20.0 Å². The molecule has 74 valence electrons. The average molecular weight is 184 g/mol. The Kier molecular flexibility index (Phi) is 2.15. The van der Waals surface area contributed by atoms with Crippen molar-refractivity contribution in [3.8, 4) is 0 Å². The summed E-state index contributed by atoms with van der Waals surface area (Å²) in [5.74, 6) is 0.650. The number of ether oxygens (including phenoxy) is 1. The standard InChI is InChI=1S/C9H16N2O2/c1-13-9(12)11-5-4-7(11)8(10)6-2-3-6/h6-8H,2-5,10H2,1H3. The van der Waals surface area contributed by atoms with Gasteiger partial charge in [-0.05, 0) is 25.2 Å². The largest absolute Gasteiger partial charge is 0.453 e. The highest BCUT2D eigenvalue weighted by molar-refractivity contribution is 5.69. The van der Waals surface area contributed by atoms with Crippen LogP contribution in [-0.4, -0.2) is 36.7 Å². The molecule has 2 rings (SSSR count). The lowest BCUT2D eigenvalue weighted by Gasteiger charge is -2.43. The van der Waals surface area contributed by atoms with Crippen molar-refractivity contribution in [3.05, 3.63) is 0 Å². The van der Waals surface area contributed by atoms with E-state index in [9.17, 15) is 4.79 Å². The van der Waals surface area contributed by atoms with E-state index in [2.05, 4.69) is 4.74 Å². The molecule has 0 spiro atoms. The second-order valence-corrected chi connectivity index (χ2v) is 3.93. The molecule has 2 atom stereocenters. The van der Waals surface area contributed by atoms with Gasteiger partial charge in [-0.15, -0.1) is 0 Å². The maximum absolute atomic E-state index is 11.2. The summed E-state index contributed by atoms with van der Waals surface area (Å²) < 4.78 is 4.67. The van der Waals surface area contributed by atoms with Gasteiger partial charge in [-0.25, -0.2) is 4.79 Å². The van der Waals surface area contributed by atoms with Gasteiger partial charge in [0.25, 0.3) is 0 Å². The first-order valence-corrected chi connectivity index (χ1v) is 4.84. The van der Waals surface area contributed by atoms with E-state index in [0.29, 0.717) is 5.92 Å². The second kappa shape index (κ2) is 3.18.